The summed E-state index contributed by atoms with van der Waals surface area (Å²) >= 11 is 0. The van der Waals surface area contributed by atoms with Crippen molar-refractivity contribution in [3.05, 3.63) is 29.6 Å². The van der Waals surface area contributed by atoms with Crippen LogP contribution in [0.4, 0.5) is 10.1 Å². The smallest absolute Gasteiger partial charge is 0.241 e. The second kappa shape index (κ2) is 6.01. The summed E-state index contributed by atoms with van der Waals surface area (Å²) in [6, 6.07) is 5.98. The standard InChI is InChI=1S/C13H16FN3O/c1-4-17(9-13(18)16(2)3)12-6-10(8-15)5-11(14)7-12/h5-7H,4,9H2,1-3H3. The Kier molecular flexibility index (Phi) is 4.67. The molecule has 0 saturated heterocycles. The average molecular weight is 249 g/mol. The highest BCUT2D eigenvalue weighted by Gasteiger charge is 2.13. The lowest BCUT2D eigenvalue weighted by molar-refractivity contribution is -0.127. The maximum atomic E-state index is 13.3. The molecule has 5 heteroatoms. The Labute approximate surface area is 106 Å². The van der Waals surface area contributed by atoms with E-state index in [0.29, 0.717) is 12.2 Å². The van der Waals surface area contributed by atoms with Crippen molar-refractivity contribution in [1.29, 1.82) is 5.26 Å². The van der Waals surface area contributed by atoms with Gasteiger partial charge in [-0.25, -0.2) is 4.39 Å². The molecule has 0 aliphatic carbocycles. The van der Waals surface area contributed by atoms with E-state index in [1.165, 1.54) is 17.0 Å². The summed E-state index contributed by atoms with van der Waals surface area (Å²) in [6.07, 6.45) is 0. The van der Waals surface area contributed by atoms with Gasteiger partial charge in [-0.05, 0) is 25.1 Å². The molecule has 4 nitrogen and oxygen atoms in total. The summed E-state index contributed by atoms with van der Waals surface area (Å²) in [7, 11) is 3.34. The van der Waals surface area contributed by atoms with E-state index in [-0.39, 0.29) is 18.0 Å². The predicted octanol–water partition coefficient (Wildman–Crippen LogP) is 1.61. The normalized spacial score (nSPS) is 9.72. The molecule has 0 unspecified atom stereocenters. The number of hydrogen-bond acceptors (Lipinski definition) is 3. The fourth-order valence-electron chi connectivity index (χ4n) is 1.51. The van der Waals surface area contributed by atoms with E-state index in [9.17, 15) is 9.18 Å². The van der Waals surface area contributed by atoms with Gasteiger partial charge in [0.1, 0.15) is 5.82 Å². The van der Waals surface area contributed by atoms with Crippen LogP contribution in [0, 0.1) is 17.1 Å². The Hall–Kier alpha value is -2.09. The number of carbonyl (C=O) groups is 1. The molecule has 1 aromatic carbocycles. The van der Waals surface area contributed by atoms with Gasteiger partial charge in [-0.15, -0.1) is 0 Å². The van der Waals surface area contributed by atoms with Crippen molar-refractivity contribution in [3.63, 3.8) is 0 Å². The third kappa shape index (κ3) is 3.45. The summed E-state index contributed by atoms with van der Waals surface area (Å²) in [6.45, 7) is 2.60. The number of benzene rings is 1. The first kappa shape index (κ1) is 14.0. The van der Waals surface area contributed by atoms with Gasteiger partial charge in [0.15, 0.2) is 0 Å². The number of amides is 1. The number of rotatable bonds is 4. The predicted molar refractivity (Wildman–Crippen MR) is 67.7 cm³/mol. The molecule has 0 fully saturated rings. The summed E-state index contributed by atoms with van der Waals surface area (Å²) in [5, 5.41) is 8.80. The average Bonchev–Trinajstić information content (AvgIpc) is 2.34. The largest absolute Gasteiger partial charge is 0.362 e. The Morgan fingerprint density at radius 2 is 2.06 bits per heavy atom. The van der Waals surface area contributed by atoms with Crippen LogP contribution in [0.5, 0.6) is 0 Å². The van der Waals surface area contributed by atoms with Gasteiger partial charge in [0.05, 0.1) is 18.2 Å². The van der Waals surface area contributed by atoms with Crippen molar-refractivity contribution in [2.45, 2.75) is 6.92 Å². The van der Waals surface area contributed by atoms with Crippen LogP contribution in [0.2, 0.25) is 0 Å². The summed E-state index contributed by atoms with van der Waals surface area (Å²) < 4.78 is 13.3. The minimum absolute atomic E-state index is 0.0698. The molecule has 0 aromatic heterocycles. The van der Waals surface area contributed by atoms with Crippen LogP contribution in [0.25, 0.3) is 0 Å². The molecule has 96 valence electrons. The van der Waals surface area contributed by atoms with E-state index in [2.05, 4.69) is 0 Å². The molecule has 0 aliphatic rings. The van der Waals surface area contributed by atoms with Crippen molar-refractivity contribution in [2.75, 3.05) is 32.1 Å². The van der Waals surface area contributed by atoms with Crippen LogP contribution < -0.4 is 4.90 Å². The maximum Gasteiger partial charge on any atom is 0.241 e. The van der Waals surface area contributed by atoms with E-state index in [1.54, 1.807) is 25.1 Å². The van der Waals surface area contributed by atoms with Gasteiger partial charge < -0.3 is 9.80 Å². The Morgan fingerprint density at radius 1 is 1.39 bits per heavy atom. The molecule has 0 bridgehead atoms. The van der Waals surface area contributed by atoms with E-state index in [1.807, 2.05) is 13.0 Å². The molecule has 18 heavy (non-hydrogen) atoms. The molecule has 0 heterocycles. The quantitative estimate of drug-likeness (QED) is 0.814. The number of nitriles is 1. The van der Waals surface area contributed by atoms with Gasteiger partial charge in [0.2, 0.25) is 5.91 Å². The minimum atomic E-state index is -0.472. The number of hydrogen-bond donors (Lipinski definition) is 0. The Morgan fingerprint density at radius 3 is 2.56 bits per heavy atom. The van der Waals surface area contributed by atoms with Crippen molar-refractivity contribution < 1.29 is 9.18 Å². The highest BCUT2D eigenvalue weighted by Crippen LogP contribution is 2.18. The van der Waals surface area contributed by atoms with Gasteiger partial charge in [-0.3, -0.25) is 4.79 Å². The molecule has 1 aromatic rings. The highest BCUT2D eigenvalue weighted by atomic mass is 19.1. The lowest BCUT2D eigenvalue weighted by atomic mass is 10.2. The third-order valence-electron chi connectivity index (χ3n) is 2.58. The van der Waals surface area contributed by atoms with Gasteiger partial charge in [0.25, 0.3) is 0 Å². The van der Waals surface area contributed by atoms with Crippen LogP contribution in [-0.2, 0) is 4.79 Å². The monoisotopic (exact) mass is 249 g/mol. The fraction of sp³-hybridized carbons (Fsp3) is 0.385. The van der Waals surface area contributed by atoms with Gasteiger partial charge >= 0.3 is 0 Å². The first-order valence-corrected chi connectivity index (χ1v) is 5.63. The molecule has 0 spiro atoms. The number of halogens is 1. The van der Waals surface area contributed by atoms with E-state index in [4.69, 9.17) is 5.26 Å². The van der Waals surface area contributed by atoms with Gasteiger partial charge in [0, 0.05) is 26.3 Å². The molecule has 0 aliphatic heterocycles. The van der Waals surface area contributed by atoms with Crippen molar-refractivity contribution in [2.24, 2.45) is 0 Å². The Balaban J connectivity index is 2.99. The molecule has 0 atom stereocenters. The van der Waals surface area contributed by atoms with Crippen LogP contribution >= 0.6 is 0 Å². The number of carbonyl (C=O) groups excluding carboxylic acids is 1. The SMILES string of the molecule is CCN(CC(=O)N(C)C)c1cc(F)cc(C#N)c1. The van der Waals surface area contributed by atoms with E-state index >= 15 is 0 Å². The summed E-state index contributed by atoms with van der Waals surface area (Å²) in [5.74, 6) is -0.542. The van der Waals surface area contributed by atoms with Gasteiger partial charge in [-0.1, -0.05) is 0 Å². The van der Waals surface area contributed by atoms with E-state index < -0.39 is 5.82 Å². The number of nitrogens with zero attached hydrogens (tertiary/aromatic N) is 3. The molecular formula is C13H16FN3O. The zero-order valence-electron chi connectivity index (χ0n) is 10.8. The molecule has 1 amide bonds. The van der Waals surface area contributed by atoms with Crippen molar-refractivity contribution >= 4 is 11.6 Å². The minimum Gasteiger partial charge on any atom is -0.362 e. The number of anilines is 1. The fourth-order valence-corrected chi connectivity index (χ4v) is 1.51. The summed E-state index contributed by atoms with van der Waals surface area (Å²) in [4.78, 5) is 14.9. The molecule has 0 N–H and O–H groups in total. The van der Waals surface area contributed by atoms with Crippen molar-refractivity contribution in [3.8, 4) is 6.07 Å². The molecule has 1 rings (SSSR count). The first-order valence-electron chi connectivity index (χ1n) is 5.63. The second-order valence-electron chi connectivity index (χ2n) is 4.11. The van der Waals surface area contributed by atoms with E-state index in [0.717, 1.165) is 0 Å². The lowest BCUT2D eigenvalue weighted by Crippen LogP contribution is -2.36. The van der Waals surface area contributed by atoms with Crippen LogP contribution in [0.15, 0.2) is 18.2 Å². The van der Waals surface area contributed by atoms with Crippen LogP contribution in [0.3, 0.4) is 0 Å². The van der Waals surface area contributed by atoms with Gasteiger partial charge in [-0.2, -0.15) is 5.26 Å². The molecular weight excluding hydrogens is 233 g/mol. The Bertz CT molecular complexity index is 480. The molecule has 0 radical (unpaired) electrons. The second-order valence-corrected chi connectivity index (χ2v) is 4.11. The maximum absolute atomic E-state index is 13.3. The highest BCUT2D eigenvalue weighted by molar-refractivity contribution is 5.81. The summed E-state index contributed by atoms with van der Waals surface area (Å²) in [5.41, 5.74) is 0.796. The lowest BCUT2D eigenvalue weighted by Gasteiger charge is -2.24. The topological polar surface area (TPSA) is 47.3 Å². The first-order chi connectivity index (χ1) is 8.47. The number of likely N-dealkylation sites (N-methyl/N-ethyl adjacent to an activating group) is 2. The zero-order chi connectivity index (χ0) is 13.7. The molecule has 0 saturated carbocycles. The van der Waals surface area contributed by atoms with Crippen LogP contribution in [-0.4, -0.2) is 38.0 Å². The van der Waals surface area contributed by atoms with Crippen LogP contribution in [0.1, 0.15) is 12.5 Å². The zero-order valence-corrected chi connectivity index (χ0v) is 10.8. The third-order valence-corrected chi connectivity index (χ3v) is 2.58. The van der Waals surface area contributed by atoms with Crippen molar-refractivity contribution in [1.82, 2.24) is 4.90 Å².